The molecule has 0 radical (unpaired) electrons. The van der Waals surface area contributed by atoms with Crippen LogP contribution in [-0.4, -0.2) is 44.2 Å². The summed E-state index contributed by atoms with van der Waals surface area (Å²) in [5, 5.41) is 14.5. The van der Waals surface area contributed by atoms with Gasteiger partial charge in [-0.1, -0.05) is 6.92 Å². The number of nitrogens with one attached hydrogen (secondary N) is 5. The second-order valence-electron chi connectivity index (χ2n) is 5.44. The lowest BCUT2D eigenvalue weighted by molar-refractivity contribution is 0.728. The molecule has 0 aromatic carbocycles. The number of nitrogens with zero attached hydrogens (tertiary/aromatic N) is 2. The Morgan fingerprint density at radius 1 is 1.23 bits per heavy atom. The van der Waals surface area contributed by atoms with Crippen molar-refractivity contribution in [1.29, 1.82) is 5.41 Å². The normalized spacial score (nSPS) is 10.7. The number of aryl methyl sites for hydroxylation is 2. The Labute approximate surface area is 177 Å². The maximum atomic E-state index is 7.87. The number of hydrogen-bond acceptors (Lipinski definition) is 4. The van der Waals surface area contributed by atoms with Crippen LogP contribution in [0.25, 0.3) is 0 Å². The van der Waals surface area contributed by atoms with E-state index in [1.165, 1.54) is 0 Å². The third-order valence-electron chi connectivity index (χ3n) is 3.47. The summed E-state index contributed by atoms with van der Waals surface area (Å²) >= 11 is 1.84. The van der Waals surface area contributed by atoms with Crippen LogP contribution in [0, 0.1) is 12.3 Å². The summed E-state index contributed by atoms with van der Waals surface area (Å²) in [6.07, 6.45) is 7.20. The summed E-state index contributed by atoms with van der Waals surface area (Å²) in [6.45, 7) is 5.73. The molecule has 11 heteroatoms. The van der Waals surface area contributed by atoms with E-state index in [0.29, 0.717) is 11.2 Å². The van der Waals surface area contributed by atoms with Crippen molar-refractivity contribution in [3.63, 3.8) is 0 Å². The Balaban J connectivity index is 0. The fourth-order valence-electron chi connectivity index (χ4n) is 2.03. The lowest BCUT2D eigenvalue weighted by atomic mass is 10.2. The number of hydrogen-bond donors (Lipinski definition) is 5. The van der Waals surface area contributed by atoms with Crippen molar-refractivity contribution >= 4 is 54.9 Å². The van der Waals surface area contributed by atoms with E-state index in [2.05, 4.69) is 37.5 Å². The first kappa shape index (κ1) is 27.1. The number of rotatable bonds is 9. The zero-order valence-electron chi connectivity index (χ0n) is 14.9. The van der Waals surface area contributed by atoms with Gasteiger partial charge in [0.2, 0.25) is 0 Å². The molecule has 1 atom stereocenters. The predicted octanol–water partition coefficient (Wildman–Crippen LogP) is 3.08. The Kier molecular flexibility index (Phi) is 15.7. The second kappa shape index (κ2) is 15.0. The van der Waals surface area contributed by atoms with E-state index in [-0.39, 0.29) is 37.2 Å². The van der Waals surface area contributed by atoms with Gasteiger partial charge in [0.25, 0.3) is 0 Å². The van der Waals surface area contributed by atoms with Crippen LogP contribution in [0.15, 0.2) is 18.9 Å². The molecule has 1 unspecified atom stereocenters. The fraction of sp³-hybridized carbons (Fsp3) is 0.533. The molecule has 0 amide bonds. The molecule has 2 aromatic rings. The molecule has 0 fully saturated rings. The van der Waals surface area contributed by atoms with Gasteiger partial charge in [-0.05, 0) is 19.8 Å². The summed E-state index contributed by atoms with van der Waals surface area (Å²) in [4.78, 5) is 14.5. The molecule has 150 valence electrons. The second-order valence-corrected chi connectivity index (χ2v) is 6.87. The van der Waals surface area contributed by atoms with Crippen molar-refractivity contribution in [3.05, 3.63) is 35.9 Å². The minimum absolute atomic E-state index is 0. The van der Waals surface area contributed by atoms with E-state index >= 15 is 0 Å². The average molecular weight is 445 g/mol. The maximum absolute atomic E-state index is 7.87. The first-order valence-corrected chi connectivity index (χ1v) is 8.84. The van der Waals surface area contributed by atoms with E-state index in [0.717, 1.165) is 48.8 Å². The van der Waals surface area contributed by atoms with Gasteiger partial charge < -0.3 is 20.6 Å². The Bertz CT molecular complexity index is 592. The van der Waals surface area contributed by atoms with Crippen molar-refractivity contribution in [3.8, 4) is 0 Å². The van der Waals surface area contributed by atoms with Gasteiger partial charge in [-0.2, -0.15) is 11.8 Å². The largest absolute Gasteiger partial charge is 0.357 e. The highest BCUT2D eigenvalue weighted by molar-refractivity contribution is 7.99. The molecule has 0 saturated carbocycles. The van der Waals surface area contributed by atoms with Crippen LogP contribution in [0.2, 0.25) is 0 Å². The Morgan fingerprint density at radius 3 is 2.62 bits per heavy atom. The van der Waals surface area contributed by atoms with E-state index < -0.39 is 0 Å². The predicted molar refractivity (Wildman–Crippen MR) is 116 cm³/mol. The van der Waals surface area contributed by atoms with E-state index in [9.17, 15) is 0 Å². The van der Waals surface area contributed by atoms with Gasteiger partial charge in [0.05, 0.1) is 24.0 Å². The van der Waals surface area contributed by atoms with Crippen LogP contribution < -0.4 is 10.6 Å². The first-order valence-electron chi connectivity index (χ1n) is 7.79. The Morgan fingerprint density at radius 2 is 2.00 bits per heavy atom. The summed E-state index contributed by atoms with van der Waals surface area (Å²) in [5.74, 6) is 1.28. The molecule has 0 saturated heterocycles. The number of thioether (sulfide) groups is 1. The van der Waals surface area contributed by atoms with Gasteiger partial charge in [-0.25, -0.2) is 9.97 Å². The molecule has 26 heavy (non-hydrogen) atoms. The average Bonchev–Trinajstić information content (AvgIpc) is 3.19. The van der Waals surface area contributed by atoms with Crippen molar-refractivity contribution in [2.75, 3.05) is 13.1 Å². The molecule has 2 heterocycles. The molecule has 5 N–H and O–H groups in total. The number of guanidine groups is 1. The number of aromatic nitrogens is 4. The van der Waals surface area contributed by atoms with Gasteiger partial charge >= 0.3 is 0 Å². The van der Waals surface area contributed by atoms with E-state index in [4.69, 9.17) is 5.41 Å². The van der Waals surface area contributed by atoms with Crippen LogP contribution in [0.3, 0.4) is 0 Å². The number of halogens is 3. The van der Waals surface area contributed by atoms with Crippen molar-refractivity contribution in [1.82, 2.24) is 30.6 Å². The lowest BCUT2D eigenvalue weighted by Gasteiger charge is -2.14. The van der Waals surface area contributed by atoms with Crippen molar-refractivity contribution < 1.29 is 0 Å². The van der Waals surface area contributed by atoms with E-state index in [1.54, 1.807) is 12.7 Å². The zero-order chi connectivity index (χ0) is 16.5. The topological polar surface area (TPSA) is 105 Å². The maximum Gasteiger partial charge on any atom is 0.188 e. The molecule has 0 aliphatic heterocycles. The monoisotopic (exact) mass is 443 g/mol. The van der Waals surface area contributed by atoms with Gasteiger partial charge in [0, 0.05) is 36.0 Å². The highest BCUT2D eigenvalue weighted by Crippen LogP contribution is 2.17. The molecular formula is C15H28Cl3N7S. The molecule has 7 nitrogen and oxygen atoms in total. The lowest BCUT2D eigenvalue weighted by Crippen LogP contribution is -2.39. The van der Waals surface area contributed by atoms with Gasteiger partial charge in [0.1, 0.15) is 0 Å². The van der Waals surface area contributed by atoms with Crippen LogP contribution >= 0.6 is 49.0 Å². The summed E-state index contributed by atoms with van der Waals surface area (Å²) in [6, 6.07) is 0. The Hall–Kier alpha value is -1.09. The fourth-order valence-corrected chi connectivity index (χ4v) is 2.97. The van der Waals surface area contributed by atoms with Gasteiger partial charge in [-0.15, -0.1) is 37.2 Å². The minimum Gasteiger partial charge on any atom is -0.357 e. The number of aromatic amines is 2. The summed E-state index contributed by atoms with van der Waals surface area (Å²) in [7, 11) is 0. The van der Waals surface area contributed by atoms with Crippen LogP contribution in [-0.2, 0) is 12.2 Å². The molecular weight excluding hydrogens is 417 g/mol. The van der Waals surface area contributed by atoms with Crippen molar-refractivity contribution in [2.24, 2.45) is 0 Å². The number of imidazole rings is 2. The standard InChI is InChI=1S/C15H25N7S.3ClH/c1-11(23-8-14-12(2)20-10-22-14)6-19-15(16)18-5-3-4-13-7-17-9-21-13;;;/h7,9-11H,3-6,8H2,1-2H3,(H,17,21)(H,20,22)(H3,16,18,19);3*1H. The van der Waals surface area contributed by atoms with Crippen LogP contribution in [0.1, 0.15) is 30.4 Å². The molecule has 0 spiro atoms. The minimum atomic E-state index is 0. The number of H-pyrrole nitrogens is 2. The SMILES string of the molecule is Cc1[nH]cnc1CSC(C)CNC(=N)NCCCc1c[nH]cn1.Cl.Cl.Cl. The van der Waals surface area contributed by atoms with E-state index in [1.807, 2.05) is 24.9 Å². The first-order chi connectivity index (χ1) is 11.1. The highest BCUT2D eigenvalue weighted by Gasteiger charge is 2.07. The highest BCUT2D eigenvalue weighted by atomic mass is 35.5. The van der Waals surface area contributed by atoms with Gasteiger partial charge in [0.15, 0.2) is 5.96 Å². The molecule has 0 aliphatic rings. The smallest absolute Gasteiger partial charge is 0.188 e. The molecule has 0 aliphatic carbocycles. The van der Waals surface area contributed by atoms with Crippen LogP contribution in [0.5, 0.6) is 0 Å². The third-order valence-corrected chi connectivity index (χ3v) is 4.65. The van der Waals surface area contributed by atoms with Crippen LogP contribution in [0.4, 0.5) is 0 Å². The summed E-state index contributed by atoms with van der Waals surface area (Å²) < 4.78 is 0. The van der Waals surface area contributed by atoms with Crippen molar-refractivity contribution in [2.45, 2.75) is 37.7 Å². The quantitative estimate of drug-likeness (QED) is 0.232. The zero-order valence-corrected chi connectivity index (χ0v) is 18.1. The summed E-state index contributed by atoms with van der Waals surface area (Å²) in [5.41, 5.74) is 3.29. The molecule has 2 aromatic heterocycles. The van der Waals surface area contributed by atoms with Gasteiger partial charge in [-0.3, -0.25) is 5.41 Å². The molecule has 2 rings (SSSR count). The molecule has 0 bridgehead atoms. The third kappa shape index (κ3) is 10.2.